The van der Waals surface area contributed by atoms with Gasteiger partial charge in [0, 0.05) is 18.1 Å². The van der Waals surface area contributed by atoms with Crippen molar-refractivity contribution in [3.05, 3.63) is 54.1 Å². The van der Waals surface area contributed by atoms with Crippen molar-refractivity contribution in [1.29, 1.82) is 0 Å². The summed E-state index contributed by atoms with van der Waals surface area (Å²) < 4.78 is 0. The second-order valence-corrected chi connectivity index (χ2v) is 4.39. The molecule has 0 aliphatic heterocycles. The molecule has 0 radical (unpaired) electrons. The van der Waals surface area contributed by atoms with E-state index < -0.39 is 12.0 Å². The predicted molar refractivity (Wildman–Crippen MR) is 75.7 cm³/mol. The third-order valence-electron chi connectivity index (χ3n) is 2.78. The predicted octanol–water partition coefficient (Wildman–Crippen LogP) is 0.683. The quantitative estimate of drug-likeness (QED) is 0.744. The van der Waals surface area contributed by atoms with Gasteiger partial charge in [0.1, 0.15) is 11.7 Å². The van der Waals surface area contributed by atoms with Crippen LogP contribution in [0.1, 0.15) is 16.1 Å². The fraction of sp³-hybridized carbons (Fsp3) is 0.143. The summed E-state index contributed by atoms with van der Waals surface area (Å²) in [7, 11) is 0. The lowest BCUT2D eigenvalue weighted by molar-refractivity contribution is -0.138. The second-order valence-electron chi connectivity index (χ2n) is 4.39. The average molecular weight is 286 g/mol. The van der Waals surface area contributed by atoms with Crippen molar-refractivity contribution in [3.63, 3.8) is 0 Å². The molecule has 7 heteroatoms. The first-order chi connectivity index (χ1) is 10.1. The molecule has 1 amide bonds. The number of amides is 1. The summed E-state index contributed by atoms with van der Waals surface area (Å²) in [5.41, 5.74) is 7.04. The number of anilines is 1. The number of carbonyl (C=O) groups excluding carboxylic acids is 1. The van der Waals surface area contributed by atoms with E-state index in [0.717, 1.165) is 5.56 Å². The Balaban J connectivity index is 2.00. The number of rotatable bonds is 5. The zero-order valence-corrected chi connectivity index (χ0v) is 11.1. The molecule has 0 aliphatic carbocycles. The summed E-state index contributed by atoms with van der Waals surface area (Å²) in [6.45, 7) is 0. The molecule has 4 N–H and O–H groups in total. The fourth-order valence-corrected chi connectivity index (χ4v) is 1.68. The lowest BCUT2D eigenvalue weighted by Crippen LogP contribution is -2.32. The number of nitrogens with one attached hydrogen (secondary N) is 1. The van der Waals surface area contributed by atoms with Crippen LogP contribution in [0.4, 0.5) is 5.69 Å². The van der Waals surface area contributed by atoms with E-state index >= 15 is 0 Å². The highest BCUT2D eigenvalue weighted by Gasteiger charge is 2.12. The number of benzene rings is 1. The molecule has 1 aromatic carbocycles. The van der Waals surface area contributed by atoms with Gasteiger partial charge in [-0.3, -0.25) is 14.6 Å². The Morgan fingerprint density at radius 2 is 1.95 bits per heavy atom. The molecule has 1 atom stereocenters. The van der Waals surface area contributed by atoms with Crippen LogP contribution < -0.4 is 11.1 Å². The maximum Gasteiger partial charge on any atom is 0.320 e. The van der Waals surface area contributed by atoms with E-state index in [-0.39, 0.29) is 18.0 Å². The number of hydrogen-bond donors (Lipinski definition) is 3. The van der Waals surface area contributed by atoms with Gasteiger partial charge in [0.15, 0.2) is 0 Å². The van der Waals surface area contributed by atoms with Crippen molar-refractivity contribution in [1.82, 2.24) is 9.97 Å². The topological polar surface area (TPSA) is 118 Å². The molecule has 108 valence electrons. The van der Waals surface area contributed by atoms with Crippen LogP contribution in [0.5, 0.6) is 0 Å². The van der Waals surface area contributed by atoms with Crippen LogP contribution in [0, 0.1) is 0 Å². The zero-order chi connectivity index (χ0) is 15.2. The maximum atomic E-state index is 11.9. The van der Waals surface area contributed by atoms with Gasteiger partial charge in [-0.05, 0) is 24.1 Å². The van der Waals surface area contributed by atoms with Crippen molar-refractivity contribution in [2.24, 2.45) is 5.73 Å². The van der Waals surface area contributed by atoms with Crippen molar-refractivity contribution in [3.8, 4) is 0 Å². The van der Waals surface area contributed by atoms with Gasteiger partial charge in [-0.2, -0.15) is 0 Å². The fourth-order valence-electron chi connectivity index (χ4n) is 1.68. The van der Waals surface area contributed by atoms with Gasteiger partial charge in [-0.1, -0.05) is 12.1 Å². The van der Waals surface area contributed by atoms with E-state index in [0.29, 0.717) is 5.69 Å². The van der Waals surface area contributed by atoms with E-state index in [4.69, 9.17) is 10.8 Å². The second kappa shape index (κ2) is 6.58. The van der Waals surface area contributed by atoms with Crippen molar-refractivity contribution >= 4 is 17.6 Å². The van der Waals surface area contributed by atoms with Gasteiger partial charge >= 0.3 is 5.97 Å². The highest BCUT2D eigenvalue weighted by atomic mass is 16.4. The Bertz CT molecular complexity index is 628. The third kappa shape index (κ3) is 4.08. The normalized spacial score (nSPS) is 11.7. The lowest BCUT2D eigenvalue weighted by Gasteiger charge is -2.08. The number of aromatic nitrogens is 2. The smallest absolute Gasteiger partial charge is 0.320 e. The minimum atomic E-state index is -1.05. The Morgan fingerprint density at radius 1 is 1.24 bits per heavy atom. The van der Waals surface area contributed by atoms with Crippen molar-refractivity contribution in [2.45, 2.75) is 12.5 Å². The molecule has 0 unspecified atom stereocenters. The van der Waals surface area contributed by atoms with Crippen LogP contribution in [-0.4, -0.2) is 33.0 Å². The number of carbonyl (C=O) groups is 2. The SMILES string of the molecule is N[C@@H](Cc1ccc(NC(=O)c2cnccn2)cc1)C(=O)O. The molecule has 2 aromatic rings. The molecule has 0 saturated heterocycles. The van der Waals surface area contributed by atoms with Crippen LogP contribution >= 0.6 is 0 Å². The number of carboxylic acid groups (broad SMARTS) is 1. The lowest BCUT2D eigenvalue weighted by atomic mass is 10.1. The molecule has 2 rings (SSSR count). The Morgan fingerprint density at radius 3 is 2.52 bits per heavy atom. The summed E-state index contributed by atoms with van der Waals surface area (Å²) in [6.07, 6.45) is 4.52. The summed E-state index contributed by atoms with van der Waals surface area (Å²) in [5.74, 6) is -1.41. The Kier molecular flexibility index (Phi) is 4.57. The monoisotopic (exact) mass is 286 g/mol. The third-order valence-corrected chi connectivity index (χ3v) is 2.78. The number of aliphatic carboxylic acids is 1. The Hall–Kier alpha value is -2.80. The standard InChI is InChI=1S/C14H14N4O3/c15-11(14(20)21)7-9-1-3-10(4-2-9)18-13(19)12-8-16-5-6-17-12/h1-6,8,11H,7,15H2,(H,18,19)(H,20,21)/t11-/m0/s1. The van der Waals surface area contributed by atoms with Crippen molar-refractivity contribution in [2.75, 3.05) is 5.32 Å². The van der Waals surface area contributed by atoms with E-state index in [1.165, 1.54) is 18.6 Å². The van der Waals surface area contributed by atoms with Gasteiger partial charge in [-0.25, -0.2) is 4.98 Å². The summed E-state index contributed by atoms with van der Waals surface area (Å²) in [4.78, 5) is 30.2. The van der Waals surface area contributed by atoms with Crippen LogP contribution in [-0.2, 0) is 11.2 Å². The summed E-state index contributed by atoms with van der Waals surface area (Å²) >= 11 is 0. The molecular formula is C14H14N4O3. The number of hydrogen-bond acceptors (Lipinski definition) is 5. The van der Waals surface area contributed by atoms with Gasteiger partial charge < -0.3 is 16.2 Å². The van der Waals surface area contributed by atoms with E-state index in [9.17, 15) is 9.59 Å². The molecule has 0 aliphatic rings. The number of nitrogens with two attached hydrogens (primary N) is 1. The van der Waals surface area contributed by atoms with Crippen LogP contribution in [0.2, 0.25) is 0 Å². The molecule has 0 saturated carbocycles. The number of nitrogens with zero attached hydrogens (tertiary/aromatic N) is 2. The van der Waals surface area contributed by atoms with Gasteiger partial charge in [0.05, 0.1) is 6.20 Å². The highest BCUT2D eigenvalue weighted by Crippen LogP contribution is 2.12. The minimum absolute atomic E-state index is 0.217. The van der Waals surface area contributed by atoms with Crippen LogP contribution in [0.3, 0.4) is 0 Å². The average Bonchev–Trinajstić information content (AvgIpc) is 2.50. The first-order valence-corrected chi connectivity index (χ1v) is 6.21. The first-order valence-electron chi connectivity index (χ1n) is 6.21. The molecule has 0 fully saturated rings. The zero-order valence-electron chi connectivity index (χ0n) is 11.1. The van der Waals surface area contributed by atoms with E-state index in [2.05, 4.69) is 15.3 Å². The Labute approximate surface area is 120 Å². The first kappa shape index (κ1) is 14.6. The molecule has 7 nitrogen and oxygen atoms in total. The van der Waals surface area contributed by atoms with Crippen molar-refractivity contribution < 1.29 is 14.7 Å². The number of carboxylic acids is 1. The van der Waals surface area contributed by atoms with Crippen LogP contribution in [0.25, 0.3) is 0 Å². The largest absolute Gasteiger partial charge is 0.480 e. The highest BCUT2D eigenvalue weighted by molar-refractivity contribution is 6.02. The molecule has 1 aromatic heterocycles. The van der Waals surface area contributed by atoms with Gasteiger partial charge in [0.2, 0.25) is 0 Å². The van der Waals surface area contributed by atoms with Crippen LogP contribution in [0.15, 0.2) is 42.9 Å². The van der Waals surface area contributed by atoms with E-state index in [1.807, 2.05) is 0 Å². The summed E-state index contributed by atoms with van der Waals surface area (Å²) in [6, 6.07) is 5.85. The summed E-state index contributed by atoms with van der Waals surface area (Å²) in [5, 5.41) is 11.4. The minimum Gasteiger partial charge on any atom is -0.480 e. The maximum absolute atomic E-state index is 11.9. The molecule has 0 bridgehead atoms. The van der Waals surface area contributed by atoms with Gasteiger partial charge in [0.25, 0.3) is 5.91 Å². The molecule has 0 spiro atoms. The van der Waals surface area contributed by atoms with E-state index in [1.54, 1.807) is 24.3 Å². The molecular weight excluding hydrogens is 272 g/mol. The molecule has 1 heterocycles. The molecule has 21 heavy (non-hydrogen) atoms. The van der Waals surface area contributed by atoms with Gasteiger partial charge in [-0.15, -0.1) is 0 Å².